The number of allylic oxidation sites excluding steroid dienone is 1. The molecule has 1 heterocycles. The van der Waals surface area contributed by atoms with Crippen molar-refractivity contribution in [1.29, 1.82) is 0 Å². The zero-order chi connectivity index (χ0) is 17.5. The van der Waals surface area contributed by atoms with Crippen molar-refractivity contribution in [2.45, 2.75) is 46.6 Å². The summed E-state index contributed by atoms with van der Waals surface area (Å²) in [4.78, 5) is 12.2. The van der Waals surface area contributed by atoms with E-state index in [0.29, 0.717) is 6.42 Å². The first-order chi connectivity index (χ1) is 11.5. The third-order valence-electron chi connectivity index (χ3n) is 4.06. The molecule has 0 aliphatic rings. The maximum absolute atomic E-state index is 12.2. The van der Waals surface area contributed by atoms with Gasteiger partial charge in [-0.3, -0.25) is 4.79 Å². The molecule has 3 nitrogen and oxygen atoms in total. The summed E-state index contributed by atoms with van der Waals surface area (Å²) in [7, 11) is 0. The van der Waals surface area contributed by atoms with Crippen molar-refractivity contribution in [3.8, 4) is 11.3 Å². The standard InChI is InChI=1S/C21H26O3/c1-5-16(4)21(22)24-19(12-11-15(2)3)18-13-20(23-14-18)17-9-7-6-8-10-17/h6-11,13-14,16,19H,5,12H2,1-4H3. The highest BCUT2D eigenvalue weighted by Crippen LogP contribution is 2.30. The quantitative estimate of drug-likeness (QED) is 0.467. The molecule has 1 aromatic carbocycles. The van der Waals surface area contributed by atoms with Crippen LogP contribution in [0.15, 0.2) is 58.7 Å². The Morgan fingerprint density at radius 3 is 2.58 bits per heavy atom. The zero-order valence-corrected chi connectivity index (χ0v) is 14.9. The Morgan fingerprint density at radius 1 is 1.25 bits per heavy atom. The molecule has 0 radical (unpaired) electrons. The molecule has 0 amide bonds. The van der Waals surface area contributed by atoms with Crippen molar-refractivity contribution in [2.75, 3.05) is 0 Å². The lowest BCUT2D eigenvalue weighted by Gasteiger charge is -2.17. The van der Waals surface area contributed by atoms with E-state index in [9.17, 15) is 4.79 Å². The van der Waals surface area contributed by atoms with E-state index in [0.717, 1.165) is 23.3 Å². The number of ether oxygens (including phenoxy) is 1. The average Bonchev–Trinajstić information content (AvgIpc) is 3.08. The van der Waals surface area contributed by atoms with Crippen LogP contribution in [0.5, 0.6) is 0 Å². The van der Waals surface area contributed by atoms with Gasteiger partial charge >= 0.3 is 5.97 Å². The van der Waals surface area contributed by atoms with Crippen LogP contribution < -0.4 is 0 Å². The number of rotatable bonds is 7. The van der Waals surface area contributed by atoms with Gasteiger partial charge in [0, 0.05) is 17.5 Å². The summed E-state index contributed by atoms with van der Waals surface area (Å²) < 4.78 is 11.4. The Morgan fingerprint density at radius 2 is 1.96 bits per heavy atom. The van der Waals surface area contributed by atoms with E-state index in [-0.39, 0.29) is 18.0 Å². The molecule has 24 heavy (non-hydrogen) atoms. The molecule has 0 saturated heterocycles. The van der Waals surface area contributed by atoms with Gasteiger partial charge in [0.2, 0.25) is 0 Å². The van der Waals surface area contributed by atoms with Gasteiger partial charge in [0.15, 0.2) is 0 Å². The second kappa shape index (κ2) is 8.53. The molecule has 0 N–H and O–H groups in total. The Balaban J connectivity index is 2.22. The Labute approximate surface area is 144 Å². The number of carbonyl (C=O) groups excluding carboxylic acids is 1. The number of hydrogen-bond donors (Lipinski definition) is 0. The molecule has 2 rings (SSSR count). The summed E-state index contributed by atoms with van der Waals surface area (Å²) in [5.74, 6) is 0.527. The van der Waals surface area contributed by atoms with E-state index < -0.39 is 0 Å². The first kappa shape index (κ1) is 18.1. The molecule has 0 aliphatic heterocycles. The molecule has 1 aromatic heterocycles. The van der Waals surface area contributed by atoms with Crippen LogP contribution in [0.25, 0.3) is 11.3 Å². The molecule has 0 fully saturated rings. The molecule has 0 bridgehead atoms. The summed E-state index contributed by atoms with van der Waals surface area (Å²) in [5.41, 5.74) is 3.10. The second-order valence-corrected chi connectivity index (χ2v) is 6.36. The summed E-state index contributed by atoms with van der Waals surface area (Å²) in [6.07, 6.45) is 4.88. The first-order valence-corrected chi connectivity index (χ1v) is 8.49. The van der Waals surface area contributed by atoms with Gasteiger partial charge in [-0.2, -0.15) is 0 Å². The van der Waals surface area contributed by atoms with Crippen LogP contribution in [0.4, 0.5) is 0 Å². The predicted octanol–water partition coefficient (Wildman–Crippen LogP) is 5.93. The van der Waals surface area contributed by atoms with Crippen LogP contribution in [0.3, 0.4) is 0 Å². The van der Waals surface area contributed by atoms with Gasteiger partial charge in [0.05, 0.1) is 12.2 Å². The molecule has 2 atom stereocenters. The topological polar surface area (TPSA) is 39.4 Å². The van der Waals surface area contributed by atoms with E-state index >= 15 is 0 Å². The highest BCUT2D eigenvalue weighted by atomic mass is 16.5. The van der Waals surface area contributed by atoms with Crippen molar-refractivity contribution in [3.05, 3.63) is 59.9 Å². The largest absolute Gasteiger partial charge is 0.464 e. The van der Waals surface area contributed by atoms with Gasteiger partial charge < -0.3 is 9.15 Å². The Bertz CT molecular complexity index is 678. The lowest BCUT2D eigenvalue weighted by molar-refractivity contribution is -0.153. The molecule has 0 aliphatic carbocycles. The summed E-state index contributed by atoms with van der Waals surface area (Å²) >= 11 is 0. The lowest BCUT2D eigenvalue weighted by Crippen LogP contribution is -2.17. The van der Waals surface area contributed by atoms with Crippen LogP contribution in [0.1, 0.15) is 52.2 Å². The van der Waals surface area contributed by atoms with Gasteiger partial charge in [0.25, 0.3) is 0 Å². The second-order valence-electron chi connectivity index (χ2n) is 6.36. The third kappa shape index (κ3) is 4.85. The van der Waals surface area contributed by atoms with Crippen LogP contribution in [0.2, 0.25) is 0 Å². The van der Waals surface area contributed by atoms with Gasteiger partial charge in [-0.25, -0.2) is 0 Å². The monoisotopic (exact) mass is 326 g/mol. The van der Waals surface area contributed by atoms with Crippen molar-refractivity contribution in [3.63, 3.8) is 0 Å². The molecule has 128 valence electrons. The van der Waals surface area contributed by atoms with Gasteiger partial charge in [0.1, 0.15) is 11.9 Å². The van der Waals surface area contributed by atoms with E-state index in [1.54, 1.807) is 6.26 Å². The van der Waals surface area contributed by atoms with Crippen molar-refractivity contribution in [2.24, 2.45) is 5.92 Å². The molecule has 0 spiro atoms. The van der Waals surface area contributed by atoms with Gasteiger partial charge in [-0.1, -0.05) is 55.8 Å². The van der Waals surface area contributed by atoms with Crippen molar-refractivity contribution < 1.29 is 13.9 Å². The Kier molecular flexibility index (Phi) is 6.42. The fourth-order valence-electron chi connectivity index (χ4n) is 2.29. The number of esters is 1. The smallest absolute Gasteiger partial charge is 0.309 e. The minimum atomic E-state index is -0.317. The third-order valence-corrected chi connectivity index (χ3v) is 4.06. The fraction of sp³-hybridized carbons (Fsp3) is 0.381. The number of hydrogen-bond acceptors (Lipinski definition) is 3. The van der Waals surface area contributed by atoms with E-state index in [2.05, 4.69) is 6.08 Å². The maximum atomic E-state index is 12.2. The van der Waals surface area contributed by atoms with Crippen LogP contribution >= 0.6 is 0 Å². The van der Waals surface area contributed by atoms with Crippen molar-refractivity contribution >= 4 is 5.97 Å². The highest BCUT2D eigenvalue weighted by molar-refractivity contribution is 5.72. The van der Waals surface area contributed by atoms with E-state index in [1.165, 1.54) is 5.57 Å². The maximum Gasteiger partial charge on any atom is 0.309 e. The van der Waals surface area contributed by atoms with Crippen LogP contribution in [-0.2, 0) is 9.53 Å². The number of furan rings is 1. The minimum Gasteiger partial charge on any atom is -0.464 e. The number of benzene rings is 1. The Hall–Kier alpha value is -2.29. The van der Waals surface area contributed by atoms with E-state index in [1.807, 2.05) is 64.1 Å². The molecule has 0 saturated carbocycles. The average molecular weight is 326 g/mol. The first-order valence-electron chi connectivity index (χ1n) is 8.49. The van der Waals surface area contributed by atoms with Gasteiger partial charge in [-0.15, -0.1) is 0 Å². The normalized spacial score (nSPS) is 13.2. The fourth-order valence-corrected chi connectivity index (χ4v) is 2.29. The number of carbonyl (C=O) groups is 1. The zero-order valence-electron chi connectivity index (χ0n) is 14.9. The summed E-state index contributed by atoms with van der Waals surface area (Å²) in [6.45, 7) is 7.96. The van der Waals surface area contributed by atoms with E-state index in [4.69, 9.17) is 9.15 Å². The molecule has 3 heteroatoms. The lowest BCUT2D eigenvalue weighted by atomic mass is 10.1. The van der Waals surface area contributed by atoms with Crippen LogP contribution in [0, 0.1) is 5.92 Å². The molecule has 2 unspecified atom stereocenters. The summed E-state index contributed by atoms with van der Waals surface area (Å²) in [6, 6.07) is 11.9. The molecular formula is C21H26O3. The highest BCUT2D eigenvalue weighted by Gasteiger charge is 2.21. The van der Waals surface area contributed by atoms with Gasteiger partial charge in [-0.05, 0) is 26.3 Å². The van der Waals surface area contributed by atoms with Crippen molar-refractivity contribution in [1.82, 2.24) is 0 Å². The predicted molar refractivity (Wildman–Crippen MR) is 96.5 cm³/mol. The summed E-state index contributed by atoms with van der Waals surface area (Å²) in [5, 5.41) is 0. The molecular weight excluding hydrogens is 300 g/mol. The van der Waals surface area contributed by atoms with Crippen LogP contribution in [-0.4, -0.2) is 5.97 Å². The SMILES string of the molecule is CCC(C)C(=O)OC(CC=C(C)C)c1coc(-c2ccccc2)c1. The molecule has 2 aromatic rings. The minimum absolute atomic E-state index is 0.0975.